The van der Waals surface area contributed by atoms with E-state index in [0.717, 1.165) is 11.6 Å². The van der Waals surface area contributed by atoms with Gasteiger partial charge in [0.15, 0.2) is 5.75 Å². The Morgan fingerprint density at radius 1 is 0.972 bits per heavy atom. The van der Waals surface area contributed by atoms with Gasteiger partial charge in [-0.2, -0.15) is 0 Å². The zero-order valence-corrected chi connectivity index (χ0v) is 21.1. The molecule has 0 bridgehead atoms. The average molecular weight is 566 g/mol. The van der Waals surface area contributed by atoms with Gasteiger partial charge in [0.1, 0.15) is 17.6 Å². The quantitative estimate of drug-likeness (QED) is 0.252. The molecule has 2 atom stereocenters. The smallest absolute Gasteiger partial charge is 0.271 e. The van der Waals surface area contributed by atoms with Crippen molar-refractivity contribution in [1.82, 2.24) is 0 Å². The Labute approximate surface area is 220 Å². The number of anilines is 1. The van der Waals surface area contributed by atoms with Crippen molar-refractivity contribution in [2.45, 2.75) is 16.9 Å². The van der Waals surface area contributed by atoms with Gasteiger partial charge in [0.25, 0.3) is 15.7 Å². The molecule has 1 aliphatic carbocycles. The number of fused-ring (bicyclic) bond motifs is 3. The van der Waals surface area contributed by atoms with Crippen LogP contribution in [0.3, 0.4) is 0 Å². The minimum absolute atomic E-state index is 0.000945. The summed E-state index contributed by atoms with van der Waals surface area (Å²) >= 11 is 18.7. The van der Waals surface area contributed by atoms with Crippen LogP contribution in [-0.4, -0.2) is 19.4 Å². The fraction of sp³-hybridized carbons (Fsp3) is 0.0833. The normalized spacial score (nSPS) is 17.8. The largest absolute Gasteiger partial charge is 0.483 e. The molecule has 1 aliphatic heterocycles. The van der Waals surface area contributed by atoms with Gasteiger partial charge >= 0.3 is 0 Å². The standard InChI is InChI=1S/C24H15Cl3N2O6S/c25-17-10-13(29(30)31)8-9-22(17)35-24-18(26)11-14(12-19(24)27)36(32,33)28-20-6-3-5-16-15-4-1-2-7-21(15)34-23(16)20/h1-12,15,21,28H. The molecule has 0 fully saturated rings. The van der Waals surface area contributed by atoms with E-state index in [1.807, 2.05) is 30.4 Å². The highest BCUT2D eigenvalue weighted by Gasteiger charge is 2.34. The van der Waals surface area contributed by atoms with E-state index in [-0.39, 0.29) is 54.9 Å². The first kappa shape index (κ1) is 24.5. The number of hydrogen-bond acceptors (Lipinski definition) is 6. The van der Waals surface area contributed by atoms with Crippen molar-refractivity contribution in [1.29, 1.82) is 0 Å². The molecule has 0 saturated carbocycles. The molecule has 0 spiro atoms. The van der Waals surface area contributed by atoms with Crippen molar-refractivity contribution < 1.29 is 22.8 Å². The van der Waals surface area contributed by atoms with Crippen LogP contribution in [0, 0.1) is 10.1 Å². The predicted octanol–water partition coefficient (Wildman–Crippen LogP) is 7.12. The van der Waals surface area contributed by atoms with Crippen LogP contribution in [0.2, 0.25) is 15.1 Å². The monoisotopic (exact) mass is 564 g/mol. The molecule has 3 aromatic rings. The van der Waals surface area contributed by atoms with Crippen LogP contribution < -0.4 is 14.2 Å². The van der Waals surface area contributed by atoms with Crippen LogP contribution in [0.25, 0.3) is 0 Å². The third-order valence-corrected chi connectivity index (χ3v) is 7.81. The summed E-state index contributed by atoms with van der Waals surface area (Å²) < 4.78 is 40.6. The van der Waals surface area contributed by atoms with Crippen molar-refractivity contribution in [2.75, 3.05) is 4.72 Å². The van der Waals surface area contributed by atoms with Gasteiger partial charge < -0.3 is 9.47 Å². The van der Waals surface area contributed by atoms with Gasteiger partial charge in [0.05, 0.1) is 30.6 Å². The molecular formula is C24H15Cl3N2O6S. The molecule has 1 N–H and O–H groups in total. The number of halogens is 3. The SMILES string of the molecule is O=[N+]([O-])c1ccc(Oc2c(Cl)cc(S(=O)(=O)Nc3cccc4c3OC3C=CC=CC43)cc2Cl)c(Cl)c1. The van der Waals surface area contributed by atoms with Crippen molar-refractivity contribution in [3.8, 4) is 17.2 Å². The maximum absolute atomic E-state index is 13.2. The van der Waals surface area contributed by atoms with Gasteiger partial charge in [-0.1, -0.05) is 65.2 Å². The second kappa shape index (κ2) is 9.33. The summed E-state index contributed by atoms with van der Waals surface area (Å²) in [6, 6.07) is 11.2. The highest BCUT2D eigenvalue weighted by Crippen LogP contribution is 2.46. The fourth-order valence-electron chi connectivity index (χ4n) is 3.93. The minimum atomic E-state index is -4.12. The molecule has 1 heterocycles. The summed E-state index contributed by atoms with van der Waals surface area (Å²) in [4.78, 5) is 10.1. The molecule has 184 valence electrons. The first-order chi connectivity index (χ1) is 17.1. The van der Waals surface area contributed by atoms with E-state index in [9.17, 15) is 18.5 Å². The van der Waals surface area contributed by atoms with Gasteiger partial charge in [0.2, 0.25) is 0 Å². The number of sulfonamides is 1. The average Bonchev–Trinajstić information content (AvgIpc) is 3.22. The van der Waals surface area contributed by atoms with Gasteiger partial charge in [-0.3, -0.25) is 14.8 Å². The van der Waals surface area contributed by atoms with Crippen molar-refractivity contribution >= 4 is 56.2 Å². The first-order valence-electron chi connectivity index (χ1n) is 10.4. The molecule has 36 heavy (non-hydrogen) atoms. The number of nitrogens with zero attached hydrogens (tertiary/aromatic N) is 1. The van der Waals surface area contributed by atoms with E-state index in [4.69, 9.17) is 44.3 Å². The molecule has 12 heteroatoms. The second-order valence-corrected chi connectivity index (χ2v) is 10.8. The lowest BCUT2D eigenvalue weighted by atomic mass is 9.92. The molecule has 8 nitrogen and oxygen atoms in total. The van der Waals surface area contributed by atoms with Gasteiger partial charge in [-0.05, 0) is 30.3 Å². The molecular weight excluding hydrogens is 551 g/mol. The summed E-state index contributed by atoms with van der Waals surface area (Å²) in [5.41, 5.74) is 0.939. The van der Waals surface area contributed by atoms with E-state index < -0.39 is 14.9 Å². The summed E-state index contributed by atoms with van der Waals surface area (Å²) in [6.45, 7) is 0. The highest BCUT2D eigenvalue weighted by molar-refractivity contribution is 7.92. The summed E-state index contributed by atoms with van der Waals surface area (Å²) in [6.07, 6.45) is 7.52. The topological polar surface area (TPSA) is 108 Å². The predicted molar refractivity (Wildman–Crippen MR) is 137 cm³/mol. The number of nitro benzene ring substituents is 1. The summed E-state index contributed by atoms with van der Waals surface area (Å²) in [5.74, 6) is 0.458. The van der Waals surface area contributed by atoms with Crippen LogP contribution >= 0.6 is 34.8 Å². The van der Waals surface area contributed by atoms with Crippen LogP contribution in [-0.2, 0) is 10.0 Å². The summed E-state index contributed by atoms with van der Waals surface area (Å²) in [5, 5.41) is 10.7. The van der Waals surface area contributed by atoms with Crippen LogP contribution in [0.4, 0.5) is 11.4 Å². The van der Waals surface area contributed by atoms with E-state index in [1.165, 1.54) is 24.3 Å². The molecule has 3 aromatic carbocycles. The lowest BCUT2D eigenvalue weighted by molar-refractivity contribution is -0.384. The number of ether oxygens (including phenoxy) is 2. The van der Waals surface area contributed by atoms with E-state index >= 15 is 0 Å². The maximum atomic E-state index is 13.2. The third-order valence-electron chi connectivity index (χ3n) is 5.61. The van der Waals surface area contributed by atoms with E-state index in [1.54, 1.807) is 12.1 Å². The second-order valence-electron chi connectivity index (χ2n) is 7.90. The zero-order valence-electron chi connectivity index (χ0n) is 18.0. The molecule has 5 rings (SSSR count). The highest BCUT2D eigenvalue weighted by atomic mass is 35.5. The van der Waals surface area contributed by atoms with E-state index in [2.05, 4.69) is 4.72 Å². The number of nitrogens with one attached hydrogen (secondary N) is 1. The number of nitro groups is 1. The molecule has 0 radical (unpaired) electrons. The van der Waals surface area contributed by atoms with Crippen LogP contribution in [0.1, 0.15) is 11.5 Å². The van der Waals surface area contributed by atoms with Crippen molar-refractivity contribution in [2.24, 2.45) is 0 Å². The van der Waals surface area contributed by atoms with Crippen LogP contribution in [0.5, 0.6) is 17.2 Å². The first-order valence-corrected chi connectivity index (χ1v) is 13.0. The van der Waals surface area contributed by atoms with Gasteiger partial charge in [0, 0.05) is 23.6 Å². The lowest BCUT2D eigenvalue weighted by Gasteiger charge is -2.15. The Balaban J connectivity index is 1.42. The number of hydrogen-bond donors (Lipinski definition) is 1. The van der Waals surface area contributed by atoms with Gasteiger partial charge in [-0.25, -0.2) is 8.42 Å². The van der Waals surface area contributed by atoms with Gasteiger partial charge in [-0.15, -0.1) is 0 Å². The Hall–Kier alpha value is -3.24. The Kier molecular flexibility index (Phi) is 6.34. The molecule has 2 unspecified atom stereocenters. The zero-order chi connectivity index (χ0) is 25.6. The Bertz CT molecular complexity index is 1550. The fourth-order valence-corrected chi connectivity index (χ4v) is 5.96. The Morgan fingerprint density at radius 2 is 1.69 bits per heavy atom. The van der Waals surface area contributed by atoms with Crippen molar-refractivity contribution in [3.63, 3.8) is 0 Å². The lowest BCUT2D eigenvalue weighted by Crippen LogP contribution is -2.16. The third kappa shape index (κ3) is 4.51. The van der Waals surface area contributed by atoms with Crippen molar-refractivity contribution in [3.05, 3.63) is 104 Å². The molecule has 0 amide bonds. The number of benzene rings is 3. The summed E-state index contributed by atoms with van der Waals surface area (Å²) in [7, 11) is -4.12. The van der Waals surface area contributed by atoms with E-state index in [0.29, 0.717) is 5.75 Å². The molecule has 0 saturated heterocycles. The Morgan fingerprint density at radius 3 is 2.39 bits per heavy atom. The minimum Gasteiger partial charge on any atom is -0.483 e. The number of rotatable bonds is 6. The maximum Gasteiger partial charge on any atom is 0.271 e. The molecule has 2 aliphatic rings. The number of non-ortho nitro benzene ring substituents is 1. The van der Waals surface area contributed by atoms with Crippen LogP contribution in [0.15, 0.2) is 77.7 Å². The number of para-hydroxylation sites is 1. The molecule has 0 aromatic heterocycles. The number of allylic oxidation sites excluding steroid dienone is 2.